The molecule has 0 spiro atoms. The van der Waals surface area contributed by atoms with Crippen LogP contribution in [-0.2, 0) is 11.2 Å². The van der Waals surface area contributed by atoms with Gasteiger partial charge in [0.1, 0.15) is 6.04 Å². The van der Waals surface area contributed by atoms with Crippen LogP contribution in [0.25, 0.3) is 0 Å². The van der Waals surface area contributed by atoms with Gasteiger partial charge in [0.05, 0.1) is 0 Å². The Morgan fingerprint density at radius 2 is 2.04 bits per heavy atom. The van der Waals surface area contributed by atoms with Crippen LogP contribution in [0.3, 0.4) is 0 Å². The first-order valence-corrected chi connectivity index (χ1v) is 7.73. The molecule has 1 aliphatic rings. The average Bonchev–Trinajstić information content (AvgIpc) is 2.99. The Labute approximate surface area is 135 Å². The predicted molar refractivity (Wildman–Crippen MR) is 85.2 cm³/mol. The zero-order valence-electron chi connectivity index (χ0n) is 13.4. The molecule has 7 heteroatoms. The molecule has 1 aromatic carbocycles. The summed E-state index contributed by atoms with van der Waals surface area (Å²) < 4.78 is 10.6. The lowest BCUT2D eigenvalue weighted by atomic mass is 9.98. The van der Waals surface area contributed by atoms with E-state index in [1.165, 1.54) is 0 Å². The number of nitrogens with two attached hydrogens (primary N) is 1. The van der Waals surface area contributed by atoms with E-state index in [2.05, 4.69) is 10.6 Å². The van der Waals surface area contributed by atoms with Gasteiger partial charge in [-0.2, -0.15) is 0 Å². The normalized spacial score (nSPS) is 14.9. The highest BCUT2D eigenvalue weighted by Crippen LogP contribution is 2.32. The Morgan fingerprint density at radius 1 is 1.30 bits per heavy atom. The number of hydrogen-bond donors (Lipinski definition) is 3. The first-order valence-electron chi connectivity index (χ1n) is 7.73. The summed E-state index contributed by atoms with van der Waals surface area (Å²) in [5, 5.41) is 5.34. The molecular formula is C16H23N3O4. The third-order valence-corrected chi connectivity index (χ3v) is 3.94. The van der Waals surface area contributed by atoms with Gasteiger partial charge in [-0.25, -0.2) is 4.79 Å². The summed E-state index contributed by atoms with van der Waals surface area (Å²) in [5.41, 5.74) is 6.18. The van der Waals surface area contributed by atoms with Crippen LogP contribution >= 0.6 is 0 Å². The van der Waals surface area contributed by atoms with Gasteiger partial charge in [-0.3, -0.25) is 4.79 Å². The second-order valence-corrected chi connectivity index (χ2v) is 5.60. The summed E-state index contributed by atoms with van der Waals surface area (Å²) in [6, 6.07) is 4.39. The molecule has 3 amide bonds. The maximum absolute atomic E-state index is 12.2. The summed E-state index contributed by atoms with van der Waals surface area (Å²) in [6.07, 6.45) is 1.42. The van der Waals surface area contributed by atoms with Crippen molar-refractivity contribution in [3.8, 4) is 11.5 Å². The number of primary amides is 1. The molecule has 2 rings (SSSR count). The van der Waals surface area contributed by atoms with E-state index in [-0.39, 0.29) is 18.6 Å². The molecule has 1 heterocycles. The molecule has 2 unspecified atom stereocenters. The molecule has 126 valence electrons. The highest BCUT2D eigenvalue weighted by Gasteiger charge is 2.24. The number of fused-ring (bicyclic) bond motifs is 1. The van der Waals surface area contributed by atoms with Crippen molar-refractivity contribution < 1.29 is 19.1 Å². The van der Waals surface area contributed by atoms with E-state index in [1.54, 1.807) is 0 Å². The highest BCUT2D eigenvalue weighted by molar-refractivity contribution is 5.86. The van der Waals surface area contributed by atoms with Crippen LogP contribution < -0.4 is 25.8 Å². The van der Waals surface area contributed by atoms with Gasteiger partial charge in [0, 0.05) is 6.54 Å². The summed E-state index contributed by atoms with van der Waals surface area (Å²) in [4.78, 5) is 23.3. The molecule has 1 aromatic rings. The van der Waals surface area contributed by atoms with Gasteiger partial charge in [-0.15, -0.1) is 0 Å². The van der Waals surface area contributed by atoms with Crippen molar-refractivity contribution in [2.24, 2.45) is 11.7 Å². The number of carbonyl (C=O) groups is 2. The zero-order chi connectivity index (χ0) is 16.8. The number of ether oxygens (including phenoxy) is 2. The number of benzene rings is 1. The SMILES string of the molecule is CCC(C)C(NC(N)=O)C(=O)NCCc1ccc2c(c1)OCO2. The lowest BCUT2D eigenvalue weighted by molar-refractivity contribution is -0.124. The summed E-state index contributed by atoms with van der Waals surface area (Å²) >= 11 is 0. The minimum Gasteiger partial charge on any atom is -0.454 e. The highest BCUT2D eigenvalue weighted by atomic mass is 16.7. The third kappa shape index (κ3) is 4.51. The van der Waals surface area contributed by atoms with Crippen molar-refractivity contribution in [2.75, 3.05) is 13.3 Å². The number of nitrogens with one attached hydrogen (secondary N) is 2. The van der Waals surface area contributed by atoms with Crippen molar-refractivity contribution in [1.29, 1.82) is 0 Å². The molecule has 0 saturated carbocycles. The molecule has 0 fully saturated rings. The molecule has 7 nitrogen and oxygen atoms in total. The minimum atomic E-state index is -0.693. The van der Waals surface area contributed by atoms with E-state index in [0.29, 0.717) is 13.0 Å². The van der Waals surface area contributed by atoms with Crippen LogP contribution in [-0.4, -0.2) is 31.3 Å². The largest absolute Gasteiger partial charge is 0.454 e. The third-order valence-electron chi connectivity index (χ3n) is 3.94. The van der Waals surface area contributed by atoms with E-state index >= 15 is 0 Å². The lowest BCUT2D eigenvalue weighted by Gasteiger charge is -2.22. The Kier molecular flexibility index (Phi) is 5.67. The Bertz CT molecular complexity index is 576. The number of amides is 3. The average molecular weight is 321 g/mol. The first kappa shape index (κ1) is 16.9. The number of rotatable bonds is 7. The van der Waals surface area contributed by atoms with Crippen molar-refractivity contribution >= 4 is 11.9 Å². The van der Waals surface area contributed by atoms with Gasteiger partial charge in [0.15, 0.2) is 11.5 Å². The van der Waals surface area contributed by atoms with Crippen LogP contribution in [0, 0.1) is 5.92 Å². The summed E-state index contributed by atoms with van der Waals surface area (Å²) in [7, 11) is 0. The molecular weight excluding hydrogens is 298 g/mol. The topological polar surface area (TPSA) is 103 Å². The van der Waals surface area contributed by atoms with Gasteiger partial charge in [-0.05, 0) is 30.0 Å². The standard InChI is InChI=1S/C16H23N3O4/c1-3-10(2)14(19-16(17)21)15(20)18-7-6-11-4-5-12-13(8-11)23-9-22-12/h4-5,8,10,14H,3,6-7,9H2,1-2H3,(H,18,20)(H3,17,19,21). The van der Waals surface area contributed by atoms with Crippen LogP contribution in [0.15, 0.2) is 18.2 Å². The number of carbonyl (C=O) groups excluding carboxylic acids is 2. The van der Waals surface area contributed by atoms with E-state index in [4.69, 9.17) is 15.2 Å². The van der Waals surface area contributed by atoms with E-state index in [0.717, 1.165) is 23.5 Å². The Balaban J connectivity index is 1.86. The molecule has 23 heavy (non-hydrogen) atoms. The number of urea groups is 1. The van der Waals surface area contributed by atoms with Gasteiger partial charge < -0.3 is 25.8 Å². The van der Waals surface area contributed by atoms with E-state index < -0.39 is 12.1 Å². The quantitative estimate of drug-likeness (QED) is 0.701. The second-order valence-electron chi connectivity index (χ2n) is 5.60. The van der Waals surface area contributed by atoms with Crippen LogP contribution in [0.5, 0.6) is 11.5 Å². The van der Waals surface area contributed by atoms with Crippen LogP contribution in [0.2, 0.25) is 0 Å². The fourth-order valence-corrected chi connectivity index (χ4v) is 2.39. The van der Waals surface area contributed by atoms with E-state index in [9.17, 15) is 9.59 Å². The van der Waals surface area contributed by atoms with Gasteiger partial charge >= 0.3 is 6.03 Å². The Hall–Kier alpha value is -2.44. The van der Waals surface area contributed by atoms with Crippen LogP contribution in [0.4, 0.5) is 4.79 Å². The maximum atomic E-state index is 12.2. The fraction of sp³-hybridized carbons (Fsp3) is 0.500. The zero-order valence-corrected chi connectivity index (χ0v) is 13.4. The molecule has 0 saturated heterocycles. The van der Waals surface area contributed by atoms with Crippen molar-refractivity contribution in [3.63, 3.8) is 0 Å². The smallest absolute Gasteiger partial charge is 0.312 e. The fourth-order valence-electron chi connectivity index (χ4n) is 2.39. The first-order chi connectivity index (χ1) is 11.0. The van der Waals surface area contributed by atoms with Gasteiger partial charge in [0.2, 0.25) is 12.7 Å². The molecule has 4 N–H and O–H groups in total. The van der Waals surface area contributed by atoms with Crippen molar-refractivity contribution in [2.45, 2.75) is 32.7 Å². The summed E-state index contributed by atoms with van der Waals surface area (Å²) in [6.45, 7) is 4.56. The monoisotopic (exact) mass is 321 g/mol. The van der Waals surface area contributed by atoms with Crippen molar-refractivity contribution in [1.82, 2.24) is 10.6 Å². The van der Waals surface area contributed by atoms with Crippen LogP contribution in [0.1, 0.15) is 25.8 Å². The van der Waals surface area contributed by atoms with Gasteiger partial charge in [-0.1, -0.05) is 26.3 Å². The molecule has 1 aliphatic heterocycles. The molecule has 0 radical (unpaired) electrons. The molecule has 0 aliphatic carbocycles. The Morgan fingerprint density at radius 3 is 2.74 bits per heavy atom. The van der Waals surface area contributed by atoms with Gasteiger partial charge in [0.25, 0.3) is 0 Å². The molecule has 2 atom stereocenters. The number of hydrogen-bond acceptors (Lipinski definition) is 4. The summed E-state index contributed by atoms with van der Waals surface area (Å²) in [5.74, 6) is 1.24. The van der Waals surface area contributed by atoms with Crippen molar-refractivity contribution in [3.05, 3.63) is 23.8 Å². The predicted octanol–water partition coefficient (Wildman–Crippen LogP) is 1.16. The minimum absolute atomic E-state index is 0.00745. The van der Waals surface area contributed by atoms with E-state index in [1.807, 2.05) is 32.0 Å². The molecule has 0 aromatic heterocycles. The molecule has 0 bridgehead atoms. The maximum Gasteiger partial charge on any atom is 0.312 e. The second kappa shape index (κ2) is 7.71. The lowest BCUT2D eigenvalue weighted by Crippen LogP contribution is -2.52.